The van der Waals surface area contributed by atoms with Crippen molar-refractivity contribution in [2.45, 2.75) is 12.6 Å². The second-order valence-corrected chi connectivity index (χ2v) is 8.90. The molecule has 0 bridgehead atoms. The van der Waals surface area contributed by atoms with Crippen LogP contribution in [0.1, 0.15) is 6.42 Å². The van der Waals surface area contributed by atoms with Gasteiger partial charge in [0.1, 0.15) is 11.2 Å². The molecule has 37 heavy (non-hydrogen) atoms. The highest BCUT2D eigenvalue weighted by atomic mass is 19.4. The normalized spacial score (nSPS) is 17.8. The molecule has 1 fully saturated rings. The number of halogens is 3. The highest BCUT2D eigenvalue weighted by Crippen LogP contribution is 2.45. The summed E-state index contributed by atoms with van der Waals surface area (Å²) in [7, 11) is 1.74. The first-order valence-corrected chi connectivity index (χ1v) is 11.4. The summed E-state index contributed by atoms with van der Waals surface area (Å²) in [5, 5.41) is 17.1. The molecule has 1 aliphatic rings. The van der Waals surface area contributed by atoms with Crippen LogP contribution in [-0.2, 0) is 7.05 Å². The highest BCUT2D eigenvalue weighted by Gasteiger charge is 2.57. The van der Waals surface area contributed by atoms with Gasteiger partial charge in [0.2, 0.25) is 11.9 Å². The first-order valence-electron chi connectivity index (χ1n) is 11.4. The number of alkyl halides is 3. The molecule has 1 aliphatic heterocycles. The summed E-state index contributed by atoms with van der Waals surface area (Å²) in [5.41, 5.74) is 6.53. The van der Waals surface area contributed by atoms with E-state index in [0.29, 0.717) is 28.8 Å². The SMILES string of the molecule is Cn1nc(-c2ccc(N3CCC(CO)(C(F)(F)F)C3)nc2)nc1Nc1ccc(-c2ccnc(N)n2)cc1. The topological polar surface area (TPSA) is 131 Å². The molecule has 10 nitrogen and oxygen atoms in total. The Morgan fingerprint density at radius 1 is 1.05 bits per heavy atom. The van der Waals surface area contributed by atoms with Gasteiger partial charge in [0, 0.05) is 49.3 Å². The van der Waals surface area contributed by atoms with E-state index in [1.54, 1.807) is 36.1 Å². The van der Waals surface area contributed by atoms with Crippen LogP contribution >= 0.6 is 0 Å². The van der Waals surface area contributed by atoms with Crippen molar-refractivity contribution in [3.8, 4) is 22.6 Å². The van der Waals surface area contributed by atoms with Crippen LogP contribution in [0.3, 0.4) is 0 Å². The molecule has 1 aromatic carbocycles. The molecule has 3 aromatic heterocycles. The van der Waals surface area contributed by atoms with Crippen LogP contribution in [0.4, 0.5) is 36.6 Å². The Hall–Kier alpha value is -4.26. The summed E-state index contributed by atoms with van der Waals surface area (Å²) in [6, 6.07) is 12.7. The Kier molecular flexibility index (Phi) is 6.15. The van der Waals surface area contributed by atoms with Gasteiger partial charge in [-0.1, -0.05) is 12.1 Å². The molecule has 0 amide bonds. The van der Waals surface area contributed by atoms with E-state index in [-0.39, 0.29) is 25.5 Å². The minimum Gasteiger partial charge on any atom is -0.395 e. The third-order valence-electron chi connectivity index (χ3n) is 6.46. The van der Waals surface area contributed by atoms with E-state index in [2.05, 4.69) is 30.4 Å². The summed E-state index contributed by atoms with van der Waals surface area (Å²) < 4.78 is 42.0. The molecular formula is C24H24F3N9O. The lowest BCUT2D eigenvalue weighted by atomic mass is 9.87. The quantitative estimate of drug-likeness (QED) is 0.356. The molecule has 5 rings (SSSR count). The first-order chi connectivity index (χ1) is 17.7. The minimum atomic E-state index is -4.48. The van der Waals surface area contributed by atoms with Crippen molar-refractivity contribution in [1.29, 1.82) is 0 Å². The fraction of sp³-hybridized carbons (Fsp3) is 0.292. The number of benzene rings is 1. The van der Waals surface area contributed by atoms with Crippen LogP contribution in [0.25, 0.3) is 22.6 Å². The van der Waals surface area contributed by atoms with Crippen LogP contribution in [0, 0.1) is 5.41 Å². The Bertz CT molecular complexity index is 1390. The predicted octanol–water partition coefficient (Wildman–Crippen LogP) is 3.41. The van der Waals surface area contributed by atoms with E-state index in [9.17, 15) is 18.3 Å². The summed E-state index contributed by atoms with van der Waals surface area (Å²) in [6.07, 6.45) is -1.53. The summed E-state index contributed by atoms with van der Waals surface area (Å²) in [5.74, 6) is 1.52. The number of nitrogens with one attached hydrogen (secondary N) is 1. The Labute approximate surface area is 210 Å². The smallest absolute Gasteiger partial charge is 0.395 e. The lowest BCUT2D eigenvalue weighted by Crippen LogP contribution is -2.43. The zero-order chi connectivity index (χ0) is 26.2. The number of nitrogen functional groups attached to an aromatic ring is 1. The van der Waals surface area contributed by atoms with Crippen molar-refractivity contribution in [2.24, 2.45) is 12.5 Å². The predicted molar refractivity (Wildman–Crippen MR) is 132 cm³/mol. The average molecular weight is 512 g/mol. The molecule has 0 radical (unpaired) electrons. The van der Waals surface area contributed by atoms with E-state index >= 15 is 0 Å². The van der Waals surface area contributed by atoms with Crippen molar-refractivity contribution in [1.82, 2.24) is 29.7 Å². The van der Waals surface area contributed by atoms with Crippen LogP contribution in [0.2, 0.25) is 0 Å². The van der Waals surface area contributed by atoms with Crippen LogP contribution in [0.15, 0.2) is 54.9 Å². The fourth-order valence-electron chi connectivity index (χ4n) is 4.23. The fourth-order valence-corrected chi connectivity index (χ4v) is 4.23. The molecule has 4 N–H and O–H groups in total. The standard InChI is InChI=1S/C24H24F3N9O/c1-35-22(31-17-5-2-15(3-6-17)18-8-10-29-21(28)32-18)33-20(34-35)16-4-7-19(30-12-16)36-11-9-23(13-36,14-37)24(25,26)27/h2-8,10,12,37H,9,11,13-14H2,1H3,(H2,28,29,32)(H,31,33,34). The number of aryl methyl sites for hydroxylation is 1. The zero-order valence-electron chi connectivity index (χ0n) is 19.8. The average Bonchev–Trinajstić information content (AvgIpc) is 3.49. The Morgan fingerprint density at radius 3 is 2.43 bits per heavy atom. The molecule has 4 aromatic rings. The number of pyridine rings is 1. The minimum absolute atomic E-state index is 0.158. The molecule has 1 unspecified atom stereocenters. The highest BCUT2D eigenvalue weighted by molar-refractivity contribution is 5.66. The molecule has 0 spiro atoms. The van der Waals surface area contributed by atoms with E-state index in [4.69, 9.17) is 5.73 Å². The number of hydrogen-bond donors (Lipinski definition) is 3. The van der Waals surface area contributed by atoms with E-state index < -0.39 is 18.2 Å². The molecular weight excluding hydrogens is 487 g/mol. The van der Waals surface area contributed by atoms with Gasteiger partial charge >= 0.3 is 6.18 Å². The van der Waals surface area contributed by atoms with Gasteiger partial charge in [0.15, 0.2) is 5.82 Å². The van der Waals surface area contributed by atoms with Crippen molar-refractivity contribution >= 4 is 23.4 Å². The lowest BCUT2D eigenvalue weighted by Gasteiger charge is -2.29. The maximum Gasteiger partial charge on any atom is 0.398 e. The van der Waals surface area contributed by atoms with Gasteiger partial charge in [-0.15, -0.1) is 5.10 Å². The van der Waals surface area contributed by atoms with Crippen molar-refractivity contribution in [3.05, 3.63) is 54.9 Å². The number of hydrogen-bond acceptors (Lipinski definition) is 9. The molecule has 0 saturated carbocycles. The molecule has 4 heterocycles. The van der Waals surface area contributed by atoms with Gasteiger partial charge < -0.3 is 21.1 Å². The van der Waals surface area contributed by atoms with Crippen molar-refractivity contribution in [2.75, 3.05) is 35.6 Å². The van der Waals surface area contributed by atoms with Gasteiger partial charge in [-0.25, -0.2) is 19.6 Å². The monoisotopic (exact) mass is 511 g/mol. The van der Waals surface area contributed by atoms with Crippen LogP contribution in [0.5, 0.6) is 0 Å². The second kappa shape index (κ2) is 9.32. The molecule has 1 atom stereocenters. The van der Waals surface area contributed by atoms with E-state index in [1.807, 2.05) is 24.3 Å². The zero-order valence-corrected chi connectivity index (χ0v) is 19.8. The number of anilines is 4. The Balaban J connectivity index is 1.28. The Morgan fingerprint density at radius 2 is 1.81 bits per heavy atom. The van der Waals surface area contributed by atoms with Crippen LogP contribution in [-0.4, -0.2) is 60.7 Å². The van der Waals surface area contributed by atoms with Gasteiger partial charge in [-0.2, -0.15) is 18.2 Å². The maximum atomic E-state index is 13.5. The maximum absolute atomic E-state index is 13.5. The largest absolute Gasteiger partial charge is 0.398 e. The van der Waals surface area contributed by atoms with Gasteiger partial charge in [-0.3, -0.25) is 0 Å². The third-order valence-corrected chi connectivity index (χ3v) is 6.46. The second-order valence-electron chi connectivity index (χ2n) is 8.90. The molecule has 13 heteroatoms. The summed E-state index contributed by atoms with van der Waals surface area (Å²) in [6.45, 7) is -1.12. The summed E-state index contributed by atoms with van der Waals surface area (Å²) in [4.78, 5) is 18.5. The number of aromatic nitrogens is 6. The number of nitrogens with zero attached hydrogens (tertiary/aromatic N) is 7. The third kappa shape index (κ3) is 4.77. The van der Waals surface area contributed by atoms with Crippen LogP contribution < -0.4 is 16.0 Å². The number of nitrogens with two attached hydrogens (primary N) is 1. The molecule has 1 saturated heterocycles. The van der Waals surface area contributed by atoms with Crippen molar-refractivity contribution < 1.29 is 18.3 Å². The van der Waals surface area contributed by atoms with E-state index in [1.165, 1.54) is 11.1 Å². The summed E-state index contributed by atoms with van der Waals surface area (Å²) >= 11 is 0. The molecule has 192 valence electrons. The lowest BCUT2D eigenvalue weighted by molar-refractivity contribution is -0.227. The van der Waals surface area contributed by atoms with Crippen molar-refractivity contribution in [3.63, 3.8) is 0 Å². The van der Waals surface area contributed by atoms with Gasteiger partial charge in [-0.05, 0) is 36.8 Å². The van der Waals surface area contributed by atoms with Gasteiger partial charge in [0.25, 0.3) is 0 Å². The van der Waals surface area contributed by atoms with E-state index in [0.717, 1.165) is 11.3 Å². The number of rotatable bonds is 6. The number of aliphatic hydroxyl groups is 1. The number of aliphatic hydroxyl groups excluding tert-OH is 1. The molecule has 0 aliphatic carbocycles. The van der Waals surface area contributed by atoms with Gasteiger partial charge in [0.05, 0.1) is 12.3 Å². The first kappa shape index (κ1) is 24.4.